The zero-order chi connectivity index (χ0) is 20.0. The summed E-state index contributed by atoms with van der Waals surface area (Å²) in [6.07, 6.45) is 7.97. The van der Waals surface area contributed by atoms with Gasteiger partial charge in [0, 0.05) is 0 Å². The Bertz CT molecular complexity index is 139. The van der Waals surface area contributed by atoms with Crippen LogP contribution in [0, 0.1) is 0 Å². The first-order valence-electron chi connectivity index (χ1n) is 10.1. The molecular formula is C20H48N4Ti. The fourth-order valence-electron chi connectivity index (χ4n) is 1.15. The van der Waals surface area contributed by atoms with Crippen LogP contribution < -0.4 is 0 Å². The molecule has 0 saturated carbocycles. The molecule has 4 nitrogen and oxygen atoms in total. The molecule has 4 N–H and O–H groups in total. The van der Waals surface area contributed by atoms with Crippen LogP contribution in [0.4, 0.5) is 0 Å². The monoisotopic (exact) mass is 392 g/mol. The molecule has 0 atom stereocenters. The van der Waals surface area contributed by atoms with Crippen molar-refractivity contribution < 1.29 is 21.7 Å². The largest absolute Gasteiger partial charge is 4.00 e. The third kappa shape index (κ3) is 45.6. The van der Waals surface area contributed by atoms with E-state index in [2.05, 4.69) is 0 Å². The van der Waals surface area contributed by atoms with Crippen molar-refractivity contribution in [2.75, 3.05) is 0 Å². The summed E-state index contributed by atoms with van der Waals surface area (Å²) in [4.78, 5) is 0. The first-order valence-corrected chi connectivity index (χ1v) is 10.1. The molecule has 0 saturated heterocycles. The average molecular weight is 392 g/mol. The minimum atomic E-state index is 0. The van der Waals surface area contributed by atoms with Gasteiger partial charge in [-0.05, 0) is 0 Å². The summed E-state index contributed by atoms with van der Waals surface area (Å²) in [6.45, 7) is 16.3. The van der Waals surface area contributed by atoms with Gasteiger partial charge in [0.1, 0.15) is 0 Å². The fourth-order valence-corrected chi connectivity index (χ4v) is 1.15. The number of rotatable bonds is 8. The summed E-state index contributed by atoms with van der Waals surface area (Å²) in [5.41, 5.74) is 28.3. The molecule has 0 spiro atoms. The summed E-state index contributed by atoms with van der Waals surface area (Å²) in [5.74, 6) is 0. The van der Waals surface area contributed by atoms with Gasteiger partial charge in [0.2, 0.25) is 0 Å². The third-order valence-electron chi connectivity index (χ3n) is 3.94. The van der Waals surface area contributed by atoms with Gasteiger partial charge < -0.3 is 22.9 Å². The number of hydrogen-bond donors (Lipinski definition) is 0. The first-order chi connectivity index (χ1) is 11.2. The predicted octanol–water partition coefficient (Wildman–Crippen LogP) is 8.91. The van der Waals surface area contributed by atoms with Crippen LogP contribution in [0.3, 0.4) is 0 Å². The Morgan fingerprint density at radius 3 is 0.440 bits per heavy atom. The van der Waals surface area contributed by atoms with Gasteiger partial charge in [-0.25, -0.2) is 0 Å². The van der Waals surface area contributed by atoms with Crippen molar-refractivity contribution in [2.24, 2.45) is 0 Å². The van der Waals surface area contributed by atoms with Gasteiger partial charge in [0.15, 0.2) is 0 Å². The molecule has 152 valence electrons. The van der Waals surface area contributed by atoms with E-state index >= 15 is 0 Å². The quantitative estimate of drug-likeness (QED) is 0.369. The summed E-state index contributed by atoms with van der Waals surface area (Å²) < 4.78 is 0. The van der Waals surface area contributed by atoms with Crippen LogP contribution in [0.15, 0.2) is 0 Å². The van der Waals surface area contributed by atoms with Crippen molar-refractivity contribution in [1.82, 2.24) is 0 Å². The Morgan fingerprint density at radius 1 is 0.360 bits per heavy atom. The van der Waals surface area contributed by atoms with Gasteiger partial charge in [0.25, 0.3) is 0 Å². The van der Waals surface area contributed by atoms with E-state index in [0.29, 0.717) is 0 Å². The van der Waals surface area contributed by atoms with Crippen molar-refractivity contribution in [2.45, 2.75) is 131 Å². The summed E-state index contributed by atoms with van der Waals surface area (Å²) in [6, 6.07) is 0.741. The Kier molecular flexibility index (Phi) is 47.0. The van der Waals surface area contributed by atoms with E-state index in [1.165, 1.54) is 0 Å². The molecule has 25 heavy (non-hydrogen) atoms. The molecule has 0 aromatic rings. The Morgan fingerprint density at radius 2 is 0.440 bits per heavy atom. The Labute approximate surface area is 175 Å². The van der Waals surface area contributed by atoms with Crippen LogP contribution in [0.1, 0.15) is 107 Å². The third-order valence-corrected chi connectivity index (χ3v) is 3.94. The van der Waals surface area contributed by atoms with Crippen LogP contribution in [0.2, 0.25) is 0 Å². The van der Waals surface area contributed by atoms with Gasteiger partial charge in [-0.1, -0.05) is 107 Å². The van der Waals surface area contributed by atoms with E-state index in [9.17, 15) is 0 Å². The molecule has 0 aliphatic heterocycles. The van der Waals surface area contributed by atoms with Crippen LogP contribution in [0.25, 0.3) is 22.9 Å². The number of hydrogen-bond acceptors (Lipinski definition) is 0. The maximum Gasteiger partial charge on any atom is 4.00 e. The Hall–Kier alpha value is 0.554. The van der Waals surface area contributed by atoms with Gasteiger partial charge in [-0.2, -0.15) is 0 Å². The second-order valence-electron chi connectivity index (χ2n) is 6.05. The normalized spacial score (nSPS) is 9.60. The van der Waals surface area contributed by atoms with E-state index in [4.69, 9.17) is 22.9 Å². The zero-order valence-electron chi connectivity index (χ0n) is 18.5. The standard InChI is InChI=1S/4C5H12N.Ti/c4*1-3-5(6)4-2;/h4*5-6H,3-4H2,1-2H3;/q4*-1;+4. The predicted molar refractivity (Wildman–Crippen MR) is 115 cm³/mol. The molecular weight excluding hydrogens is 344 g/mol. The number of nitrogens with one attached hydrogen (secondary N) is 4. The van der Waals surface area contributed by atoms with Crippen molar-refractivity contribution in [3.63, 3.8) is 0 Å². The molecule has 0 aliphatic rings. The second kappa shape index (κ2) is 32.2. The minimum Gasteiger partial charge on any atom is -0.675 e. The van der Waals surface area contributed by atoms with Crippen molar-refractivity contribution >= 4 is 0 Å². The molecule has 5 heteroatoms. The topological polar surface area (TPSA) is 95.2 Å². The molecule has 0 fully saturated rings. The zero-order valence-corrected chi connectivity index (χ0v) is 20.0. The van der Waals surface area contributed by atoms with Crippen LogP contribution >= 0.6 is 0 Å². The van der Waals surface area contributed by atoms with Crippen molar-refractivity contribution in [1.29, 1.82) is 0 Å². The van der Waals surface area contributed by atoms with Crippen molar-refractivity contribution in [3.05, 3.63) is 22.9 Å². The SMILES string of the molecule is CCC([NH-])CC.CCC([NH-])CC.CCC([NH-])CC.CCC([NH-])CC.[Ti+4]. The molecule has 0 unspecified atom stereocenters. The summed E-state index contributed by atoms with van der Waals surface area (Å²) in [5, 5.41) is 0. The van der Waals surface area contributed by atoms with Gasteiger partial charge >= 0.3 is 21.7 Å². The molecule has 0 aromatic heterocycles. The summed E-state index contributed by atoms with van der Waals surface area (Å²) >= 11 is 0. The molecule has 0 radical (unpaired) electrons. The maximum absolute atomic E-state index is 7.07. The van der Waals surface area contributed by atoms with Crippen LogP contribution in [-0.4, -0.2) is 24.2 Å². The van der Waals surface area contributed by atoms with Crippen LogP contribution in [0.5, 0.6) is 0 Å². The fraction of sp³-hybridized carbons (Fsp3) is 1.00. The smallest absolute Gasteiger partial charge is 0.675 e. The average Bonchev–Trinajstić information content (AvgIpc) is 2.66. The van der Waals surface area contributed by atoms with Gasteiger partial charge in [-0.15, -0.1) is 24.2 Å². The molecule has 0 heterocycles. The van der Waals surface area contributed by atoms with E-state index in [-0.39, 0.29) is 45.9 Å². The first kappa shape index (κ1) is 36.5. The summed E-state index contributed by atoms with van der Waals surface area (Å²) in [7, 11) is 0. The minimum absolute atomic E-state index is 0. The van der Waals surface area contributed by atoms with E-state index in [1.54, 1.807) is 0 Å². The molecule has 0 amide bonds. The van der Waals surface area contributed by atoms with Gasteiger partial charge in [0.05, 0.1) is 0 Å². The molecule has 0 rings (SSSR count). The Balaban J connectivity index is -0.0000000702. The molecule has 0 aromatic carbocycles. The van der Waals surface area contributed by atoms with Crippen LogP contribution in [-0.2, 0) is 21.7 Å². The second-order valence-corrected chi connectivity index (χ2v) is 6.05. The molecule has 0 aliphatic carbocycles. The molecule has 0 bridgehead atoms. The van der Waals surface area contributed by atoms with E-state index in [0.717, 1.165) is 51.4 Å². The van der Waals surface area contributed by atoms with E-state index in [1.807, 2.05) is 55.4 Å². The van der Waals surface area contributed by atoms with Crippen molar-refractivity contribution in [3.8, 4) is 0 Å². The van der Waals surface area contributed by atoms with E-state index < -0.39 is 0 Å². The maximum atomic E-state index is 7.07. The van der Waals surface area contributed by atoms with Gasteiger partial charge in [-0.3, -0.25) is 0 Å².